The van der Waals surface area contributed by atoms with E-state index in [0.717, 1.165) is 30.1 Å². The predicted molar refractivity (Wildman–Crippen MR) is 111 cm³/mol. The molecule has 2 aromatic rings. The van der Waals surface area contributed by atoms with Gasteiger partial charge in [0.15, 0.2) is 5.96 Å². The number of methoxy groups -OCH3 is 1. The highest BCUT2D eigenvalue weighted by atomic mass is 127. The lowest BCUT2D eigenvalue weighted by molar-refractivity contribution is 0.185. The molecule has 0 aromatic heterocycles. The van der Waals surface area contributed by atoms with Crippen molar-refractivity contribution in [1.29, 1.82) is 0 Å². The van der Waals surface area contributed by atoms with Crippen LogP contribution in [0.4, 0.5) is 4.39 Å². The van der Waals surface area contributed by atoms with Crippen LogP contribution in [0.5, 0.6) is 0 Å². The smallest absolute Gasteiger partial charge is 0.191 e. The second-order valence-corrected chi connectivity index (χ2v) is 5.48. The molecule has 2 aromatic carbocycles. The van der Waals surface area contributed by atoms with Crippen molar-refractivity contribution < 1.29 is 9.13 Å². The van der Waals surface area contributed by atoms with Crippen molar-refractivity contribution in [3.8, 4) is 0 Å². The molecule has 0 aliphatic rings. The van der Waals surface area contributed by atoms with Crippen LogP contribution in [0.15, 0.2) is 53.5 Å². The van der Waals surface area contributed by atoms with Gasteiger partial charge in [0.2, 0.25) is 0 Å². The maximum absolute atomic E-state index is 12.9. The van der Waals surface area contributed by atoms with Crippen molar-refractivity contribution in [2.45, 2.75) is 19.6 Å². The van der Waals surface area contributed by atoms with E-state index < -0.39 is 0 Å². The third-order valence-electron chi connectivity index (χ3n) is 3.64. The molecule has 0 saturated carbocycles. The van der Waals surface area contributed by atoms with E-state index in [1.807, 2.05) is 0 Å². The molecule has 2 rings (SSSR count). The fourth-order valence-electron chi connectivity index (χ4n) is 2.30. The first kappa shape index (κ1) is 21.4. The average Bonchev–Trinajstić information content (AvgIpc) is 2.61. The number of nitrogens with zero attached hydrogens (tertiary/aromatic N) is 1. The Hall–Kier alpha value is -1.67. The summed E-state index contributed by atoms with van der Waals surface area (Å²) in [6.45, 7) is 2.06. The Bertz CT molecular complexity index is 645. The summed E-state index contributed by atoms with van der Waals surface area (Å²) in [6.07, 6.45) is 0.812. The molecule has 4 nitrogen and oxygen atoms in total. The molecule has 0 bridgehead atoms. The molecule has 0 atom stereocenters. The maximum Gasteiger partial charge on any atom is 0.191 e. The molecule has 0 spiro atoms. The van der Waals surface area contributed by atoms with Crippen molar-refractivity contribution in [1.82, 2.24) is 10.6 Å². The van der Waals surface area contributed by atoms with Crippen LogP contribution in [-0.4, -0.2) is 26.7 Å². The molecule has 6 heteroatoms. The van der Waals surface area contributed by atoms with E-state index in [-0.39, 0.29) is 29.8 Å². The van der Waals surface area contributed by atoms with Gasteiger partial charge in [-0.25, -0.2) is 4.39 Å². The minimum absolute atomic E-state index is 0. The number of aliphatic imine (C=N–C) groups is 1. The molecule has 136 valence electrons. The van der Waals surface area contributed by atoms with E-state index in [1.165, 1.54) is 17.7 Å². The quantitative estimate of drug-likeness (QED) is 0.380. The molecular weight excluding hydrogens is 432 g/mol. The van der Waals surface area contributed by atoms with E-state index >= 15 is 0 Å². The van der Waals surface area contributed by atoms with Gasteiger partial charge in [0.25, 0.3) is 0 Å². The van der Waals surface area contributed by atoms with E-state index in [0.29, 0.717) is 13.2 Å². The summed E-state index contributed by atoms with van der Waals surface area (Å²) >= 11 is 0. The Morgan fingerprint density at radius 2 is 1.56 bits per heavy atom. The summed E-state index contributed by atoms with van der Waals surface area (Å²) in [5.41, 5.74) is 3.42. The minimum Gasteiger partial charge on any atom is -0.380 e. The summed E-state index contributed by atoms with van der Waals surface area (Å²) in [7, 11) is 3.44. The lowest BCUT2D eigenvalue weighted by atomic mass is 10.1. The molecule has 0 unspecified atom stereocenters. The Morgan fingerprint density at radius 1 is 0.960 bits per heavy atom. The molecule has 2 N–H and O–H groups in total. The van der Waals surface area contributed by atoms with Gasteiger partial charge in [-0.3, -0.25) is 4.99 Å². The van der Waals surface area contributed by atoms with Crippen LogP contribution in [0, 0.1) is 5.82 Å². The van der Waals surface area contributed by atoms with Crippen LogP contribution in [0.25, 0.3) is 0 Å². The van der Waals surface area contributed by atoms with Crippen molar-refractivity contribution in [3.63, 3.8) is 0 Å². The topological polar surface area (TPSA) is 45.7 Å². The predicted octanol–water partition coefficient (Wildman–Crippen LogP) is 3.50. The van der Waals surface area contributed by atoms with Crippen molar-refractivity contribution in [2.24, 2.45) is 4.99 Å². The van der Waals surface area contributed by atoms with Gasteiger partial charge in [-0.15, -0.1) is 24.0 Å². The van der Waals surface area contributed by atoms with Gasteiger partial charge in [0.05, 0.1) is 6.61 Å². The van der Waals surface area contributed by atoms with Gasteiger partial charge in [0.1, 0.15) is 5.82 Å². The van der Waals surface area contributed by atoms with E-state index in [4.69, 9.17) is 4.74 Å². The average molecular weight is 457 g/mol. The highest BCUT2D eigenvalue weighted by Gasteiger charge is 2.00. The largest absolute Gasteiger partial charge is 0.380 e. The van der Waals surface area contributed by atoms with Crippen LogP contribution in [-0.2, 0) is 24.3 Å². The minimum atomic E-state index is -0.208. The number of hydrogen-bond acceptors (Lipinski definition) is 2. The summed E-state index contributed by atoms with van der Waals surface area (Å²) in [5, 5.41) is 6.54. The number of benzene rings is 2. The first-order valence-electron chi connectivity index (χ1n) is 7.97. The zero-order chi connectivity index (χ0) is 17.2. The summed E-state index contributed by atoms with van der Waals surface area (Å²) in [5.74, 6) is 0.541. The number of rotatable bonds is 7. The van der Waals surface area contributed by atoms with Gasteiger partial charge in [-0.1, -0.05) is 36.4 Å². The fourth-order valence-corrected chi connectivity index (χ4v) is 2.30. The normalized spacial score (nSPS) is 10.9. The van der Waals surface area contributed by atoms with Gasteiger partial charge in [-0.05, 0) is 35.2 Å². The number of guanidine groups is 1. The Morgan fingerprint density at radius 3 is 2.16 bits per heavy atom. The molecule has 0 fully saturated rings. The standard InChI is InChI=1S/C19H24FN3O.HI/c1-21-19(22-12-11-15-7-9-18(20)10-8-15)23-13-16-3-5-17(6-4-16)14-24-2;/h3-10H,11-14H2,1-2H3,(H2,21,22,23);1H. The third-order valence-corrected chi connectivity index (χ3v) is 3.64. The van der Waals surface area contributed by atoms with Gasteiger partial charge < -0.3 is 15.4 Å². The van der Waals surface area contributed by atoms with E-state index in [1.54, 1.807) is 26.3 Å². The second-order valence-electron chi connectivity index (χ2n) is 5.48. The van der Waals surface area contributed by atoms with Gasteiger partial charge in [-0.2, -0.15) is 0 Å². The lowest BCUT2D eigenvalue weighted by Crippen LogP contribution is -2.37. The SMILES string of the molecule is CN=C(NCCc1ccc(F)cc1)NCc1ccc(COC)cc1.I. The molecule has 0 saturated heterocycles. The molecule has 0 aliphatic heterocycles. The summed E-state index contributed by atoms with van der Waals surface area (Å²) in [4.78, 5) is 4.21. The fraction of sp³-hybridized carbons (Fsp3) is 0.316. The highest BCUT2D eigenvalue weighted by Crippen LogP contribution is 2.05. The summed E-state index contributed by atoms with van der Waals surface area (Å²) < 4.78 is 18.0. The van der Waals surface area contributed by atoms with Crippen LogP contribution in [0.1, 0.15) is 16.7 Å². The Kier molecular flexibility index (Phi) is 10.1. The van der Waals surface area contributed by atoms with Crippen LogP contribution in [0.3, 0.4) is 0 Å². The molecule has 0 aliphatic carbocycles. The first-order chi connectivity index (χ1) is 11.7. The molecular formula is C19H25FIN3O. The van der Waals surface area contributed by atoms with Crippen molar-refractivity contribution in [3.05, 3.63) is 71.0 Å². The Labute approximate surface area is 165 Å². The second kappa shape index (κ2) is 11.8. The molecule has 0 heterocycles. The Balaban J connectivity index is 0.00000312. The maximum atomic E-state index is 12.9. The zero-order valence-corrected chi connectivity index (χ0v) is 16.9. The van der Waals surface area contributed by atoms with E-state index in [9.17, 15) is 4.39 Å². The molecule has 0 amide bonds. The molecule has 0 radical (unpaired) electrons. The lowest BCUT2D eigenvalue weighted by Gasteiger charge is -2.12. The number of hydrogen-bond donors (Lipinski definition) is 2. The van der Waals surface area contributed by atoms with Crippen LogP contribution in [0.2, 0.25) is 0 Å². The number of nitrogens with one attached hydrogen (secondary N) is 2. The first-order valence-corrected chi connectivity index (χ1v) is 7.97. The van der Waals surface area contributed by atoms with Crippen molar-refractivity contribution in [2.75, 3.05) is 20.7 Å². The number of ether oxygens (including phenoxy) is 1. The van der Waals surface area contributed by atoms with Gasteiger partial charge in [0, 0.05) is 27.2 Å². The molecule has 25 heavy (non-hydrogen) atoms. The van der Waals surface area contributed by atoms with Crippen LogP contribution >= 0.6 is 24.0 Å². The van der Waals surface area contributed by atoms with Crippen molar-refractivity contribution >= 4 is 29.9 Å². The van der Waals surface area contributed by atoms with E-state index in [2.05, 4.69) is 39.9 Å². The summed E-state index contributed by atoms with van der Waals surface area (Å²) in [6, 6.07) is 14.8. The number of halogens is 2. The highest BCUT2D eigenvalue weighted by molar-refractivity contribution is 14.0. The zero-order valence-electron chi connectivity index (χ0n) is 14.6. The van der Waals surface area contributed by atoms with Gasteiger partial charge >= 0.3 is 0 Å². The monoisotopic (exact) mass is 457 g/mol. The van der Waals surface area contributed by atoms with Crippen LogP contribution < -0.4 is 10.6 Å². The third kappa shape index (κ3) is 7.83.